The highest BCUT2D eigenvalue weighted by Crippen LogP contribution is 2.36. The second-order valence-electron chi connectivity index (χ2n) is 5.82. The van der Waals surface area contributed by atoms with E-state index in [-0.39, 0.29) is 0 Å². The minimum atomic E-state index is 0.830. The molecule has 0 spiro atoms. The third-order valence-electron chi connectivity index (χ3n) is 4.57. The quantitative estimate of drug-likeness (QED) is 0.888. The monoisotopic (exact) mass is 248 g/mol. The molecule has 2 unspecified atom stereocenters. The number of rotatable bonds is 4. The predicted molar refractivity (Wildman–Crippen MR) is 72.2 cm³/mol. The van der Waals surface area contributed by atoms with Gasteiger partial charge in [0.05, 0.1) is 12.8 Å². The van der Waals surface area contributed by atoms with Gasteiger partial charge in [0.25, 0.3) is 0 Å². The highest BCUT2D eigenvalue weighted by Gasteiger charge is 2.35. The van der Waals surface area contributed by atoms with Crippen LogP contribution >= 0.6 is 0 Å². The summed E-state index contributed by atoms with van der Waals surface area (Å²) in [7, 11) is 1.97. The maximum atomic E-state index is 5.68. The molecule has 3 heteroatoms. The minimum absolute atomic E-state index is 0.830. The fraction of sp³-hybridized carbons (Fsp3) is 0.733. The molecule has 2 aliphatic rings. The fourth-order valence-corrected chi connectivity index (χ4v) is 3.71. The molecule has 3 rings (SSSR count). The predicted octanol–water partition coefficient (Wildman–Crippen LogP) is 2.76. The van der Waals surface area contributed by atoms with E-state index < -0.39 is 0 Å². The molecule has 1 saturated carbocycles. The lowest BCUT2D eigenvalue weighted by molar-refractivity contribution is 0.165. The Morgan fingerprint density at radius 1 is 1.33 bits per heavy atom. The number of hydrogen-bond donors (Lipinski definition) is 1. The largest absolute Gasteiger partial charge is 0.468 e. The van der Waals surface area contributed by atoms with E-state index in [1.165, 1.54) is 44.2 Å². The van der Waals surface area contributed by atoms with Gasteiger partial charge in [0.2, 0.25) is 0 Å². The molecule has 3 nitrogen and oxygen atoms in total. The molecule has 1 aliphatic carbocycles. The van der Waals surface area contributed by atoms with Crippen LogP contribution in [0.4, 0.5) is 0 Å². The van der Waals surface area contributed by atoms with Crippen LogP contribution < -0.4 is 5.32 Å². The van der Waals surface area contributed by atoms with Crippen LogP contribution in [0.15, 0.2) is 16.7 Å². The number of hydrogen-bond acceptors (Lipinski definition) is 3. The van der Waals surface area contributed by atoms with Crippen molar-refractivity contribution >= 4 is 0 Å². The van der Waals surface area contributed by atoms with E-state index >= 15 is 0 Å². The Kier molecular flexibility index (Phi) is 3.71. The molecular formula is C15H24N2O. The average Bonchev–Trinajstić information content (AvgIpc) is 2.99. The van der Waals surface area contributed by atoms with Gasteiger partial charge in [-0.1, -0.05) is 12.8 Å². The summed E-state index contributed by atoms with van der Waals surface area (Å²) in [6.45, 7) is 3.16. The van der Waals surface area contributed by atoms with Gasteiger partial charge >= 0.3 is 0 Å². The van der Waals surface area contributed by atoms with Gasteiger partial charge in [-0.15, -0.1) is 0 Å². The van der Waals surface area contributed by atoms with E-state index in [1.54, 1.807) is 0 Å². The second-order valence-corrected chi connectivity index (χ2v) is 5.82. The third-order valence-corrected chi connectivity index (χ3v) is 4.57. The van der Waals surface area contributed by atoms with Crippen molar-refractivity contribution in [2.24, 2.45) is 5.92 Å². The summed E-state index contributed by atoms with van der Waals surface area (Å²) < 4.78 is 5.68. The van der Waals surface area contributed by atoms with E-state index in [9.17, 15) is 0 Å². The van der Waals surface area contributed by atoms with Gasteiger partial charge in [-0.3, -0.25) is 4.90 Å². The first-order chi connectivity index (χ1) is 8.86. The maximum absolute atomic E-state index is 5.68. The van der Waals surface area contributed by atoms with Crippen molar-refractivity contribution in [3.8, 4) is 0 Å². The van der Waals surface area contributed by atoms with Gasteiger partial charge in [-0.05, 0) is 44.8 Å². The first kappa shape index (κ1) is 12.2. The molecule has 1 N–H and O–H groups in total. The lowest BCUT2D eigenvalue weighted by Gasteiger charge is -2.31. The number of nitrogens with zero attached hydrogens (tertiary/aromatic N) is 1. The van der Waals surface area contributed by atoms with Crippen LogP contribution in [0.3, 0.4) is 0 Å². The maximum Gasteiger partial charge on any atom is 0.118 e. The van der Waals surface area contributed by atoms with E-state index in [0.717, 1.165) is 30.8 Å². The molecule has 0 aromatic carbocycles. The summed E-state index contributed by atoms with van der Waals surface area (Å²) in [6.07, 6.45) is 9.00. The Bertz CT molecular complexity index is 388. The van der Waals surface area contributed by atoms with Gasteiger partial charge in [0, 0.05) is 18.2 Å². The number of likely N-dealkylation sites (tertiary alicyclic amines) is 1. The average molecular weight is 248 g/mol. The van der Waals surface area contributed by atoms with Gasteiger partial charge < -0.3 is 9.73 Å². The van der Waals surface area contributed by atoms with Crippen molar-refractivity contribution in [1.29, 1.82) is 0 Å². The SMILES string of the molecule is CNCc1coc(CN2CCC3CCCCC32)c1. The fourth-order valence-electron chi connectivity index (χ4n) is 3.71. The number of nitrogens with one attached hydrogen (secondary N) is 1. The lowest BCUT2D eigenvalue weighted by Crippen LogP contribution is -2.34. The van der Waals surface area contributed by atoms with E-state index in [4.69, 9.17) is 4.42 Å². The molecule has 0 radical (unpaired) electrons. The zero-order chi connectivity index (χ0) is 12.4. The first-order valence-corrected chi connectivity index (χ1v) is 7.32. The van der Waals surface area contributed by atoms with Crippen LogP contribution in [0.2, 0.25) is 0 Å². The van der Waals surface area contributed by atoms with Crippen molar-refractivity contribution in [2.45, 2.75) is 51.2 Å². The number of furan rings is 1. The summed E-state index contributed by atoms with van der Waals surface area (Å²) in [5.41, 5.74) is 1.26. The van der Waals surface area contributed by atoms with Crippen LogP contribution in [0.25, 0.3) is 0 Å². The highest BCUT2D eigenvalue weighted by molar-refractivity contribution is 5.13. The van der Waals surface area contributed by atoms with Gasteiger partial charge in [0.15, 0.2) is 0 Å². The Morgan fingerprint density at radius 3 is 3.11 bits per heavy atom. The van der Waals surface area contributed by atoms with E-state index in [2.05, 4.69) is 16.3 Å². The molecule has 1 aliphatic heterocycles. The van der Waals surface area contributed by atoms with Crippen molar-refractivity contribution in [2.75, 3.05) is 13.6 Å². The van der Waals surface area contributed by atoms with Crippen molar-refractivity contribution in [3.63, 3.8) is 0 Å². The smallest absolute Gasteiger partial charge is 0.118 e. The summed E-state index contributed by atoms with van der Waals surface area (Å²) >= 11 is 0. The molecule has 0 bridgehead atoms. The van der Waals surface area contributed by atoms with Crippen molar-refractivity contribution < 1.29 is 4.42 Å². The van der Waals surface area contributed by atoms with Crippen LogP contribution in [-0.4, -0.2) is 24.5 Å². The summed E-state index contributed by atoms with van der Waals surface area (Å²) in [5, 5.41) is 3.16. The molecule has 2 fully saturated rings. The molecule has 1 saturated heterocycles. The third kappa shape index (κ3) is 2.47. The summed E-state index contributed by atoms with van der Waals surface area (Å²) in [6, 6.07) is 3.03. The Hall–Kier alpha value is -0.800. The zero-order valence-electron chi connectivity index (χ0n) is 11.3. The summed E-state index contributed by atoms with van der Waals surface area (Å²) in [4.78, 5) is 2.64. The van der Waals surface area contributed by atoms with Crippen LogP contribution in [0, 0.1) is 5.92 Å². The van der Waals surface area contributed by atoms with Crippen molar-refractivity contribution in [1.82, 2.24) is 10.2 Å². The Labute approximate surface area is 110 Å². The normalized spacial score (nSPS) is 28.5. The molecular weight excluding hydrogens is 224 g/mol. The van der Waals surface area contributed by atoms with Gasteiger partial charge in [0.1, 0.15) is 5.76 Å². The molecule has 1 aromatic rings. The summed E-state index contributed by atoms with van der Waals surface area (Å²) in [5.74, 6) is 2.09. The topological polar surface area (TPSA) is 28.4 Å². The molecule has 18 heavy (non-hydrogen) atoms. The van der Waals surface area contributed by atoms with Crippen LogP contribution in [0.1, 0.15) is 43.4 Å². The lowest BCUT2D eigenvalue weighted by atomic mass is 9.85. The van der Waals surface area contributed by atoms with Crippen molar-refractivity contribution in [3.05, 3.63) is 23.7 Å². The second kappa shape index (κ2) is 5.45. The zero-order valence-corrected chi connectivity index (χ0v) is 11.3. The minimum Gasteiger partial charge on any atom is -0.468 e. The molecule has 100 valence electrons. The molecule has 0 amide bonds. The van der Waals surface area contributed by atoms with Crippen LogP contribution in [-0.2, 0) is 13.1 Å². The molecule has 2 heterocycles. The number of fused-ring (bicyclic) bond motifs is 1. The first-order valence-electron chi connectivity index (χ1n) is 7.32. The van der Waals surface area contributed by atoms with Gasteiger partial charge in [-0.25, -0.2) is 0 Å². The van der Waals surface area contributed by atoms with E-state index in [1.807, 2.05) is 13.3 Å². The van der Waals surface area contributed by atoms with Crippen LogP contribution in [0.5, 0.6) is 0 Å². The standard InChI is InChI=1S/C15H24N2O/c1-16-9-12-8-14(18-11-12)10-17-7-6-13-4-2-3-5-15(13)17/h8,11,13,15-16H,2-7,9-10H2,1H3. The Balaban J connectivity index is 1.61. The Morgan fingerprint density at radius 2 is 2.22 bits per heavy atom. The van der Waals surface area contributed by atoms with Gasteiger partial charge in [-0.2, -0.15) is 0 Å². The highest BCUT2D eigenvalue weighted by atomic mass is 16.3. The molecule has 1 aromatic heterocycles. The van der Waals surface area contributed by atoms with E-state index in [0.29, 0.717) is 0 Å². The molecule has 2 atom stereocenters.